The van der Waals surface area contributed by atoms with E-state index in [0.717, 1.165) is 16.8 Å². The fourth-order valence-corrected chi connectivity index (χ4v) is 2.04. The van der Waals surface area contributed by atoms with Crippen LogP contribution in [0.4, 0.5) is 4.39 Å². The standard InChI is InChI=1S/C13H18FNO3/c1-9(2)5-13(7-16,8-17)15-6-11(14)10(3)4-12(15)18/h4,6-7,9,17H,5,8H2,1-3H3. The highest BCUT2D eigenvalue weighted by Gasteiger charge is 2.33. The maximum atomic E-state index is 13.5. The smallest absolute Gasteiger partial charge is 0.251 e. The molecule has 1 rings (SSSR count). The van der Waals surface area contributed by atoms with E-state index in [1.807, 2.05) is 13.8 Å². The Kier molecular flexibility index (Phi) is 4.40. The van der Waals surface area contributed by atoms with Crippen molar-refractivity contribution in [3.05, 3.63) is 34.0 Å². The van der Waals surface area contributed by atoms with Crippen molar-refractivity contribution >= 4 is 6.29 Å². The number of carbonyl (C=O) groups is 1. The van der Waals surface area contributed by atoms with Gasteiger partial charge in [0.2, 0.25) is 0 Å². The predicted molar refractivity (Wildman–Crippen MR) is 66.0 cm³/mol. The first-order valence-corrected chi connectivity index (χ1v) is 5.83. The predicted octanol–water partition coefficient (Wildman–Crippen LogP) is 1.23. The quantitative estimate of drug-likeness (QED) is 0.805. The van der Waals surface area contributed by atoms with Crippen LogP contribution in [-0.2, 0) is 10.3 Å². The van der Waals surface area contributed by atoms with Crippen molar-refractivity contribution < 1.29 is 14.3 Å². The lowest BCUT2D eigenvalue weighted by Crippen LogP contribution is -2.46. The average Bonchev–Trinajstić information content (AvgIpc) is 2.31. The van der Waals surface area contributed by atoms with E-state index >= 15 is 0 Å². The minimum absolute atomic E-state index is 0.0821. The number of aliphatic hydroxyl groups is 1. The highest BCUT2D eigenvalue weighted by molar-refractivity contribution is 5.62. The molecule has 0 saturated carbocycles. The molecule has 1 aromatic rings. The number of hydrogen-bond acceptors (Lipinski definition) is 3. The summed E-state index contributed by atoms with van der Waals surface area (Å²) in [6.45, 7) is 4.68. The van der Waals surface area contributed by atoms with Crippen LogP contribution < -0.4 is 5.56 Å². The van der Waals surface area contributed by atoms with Gasteiger partial charge in [0, 0.05) is 12.3 Å². The van der Waals surface area contributed by atoms with Crippen molar-refractivity contribution in [2.24, 2.45) is 5.92 Å². The van der Waals surface area contributed by atoms with E-state index in [1.54, 1.807) is 0 Å². The minimum Gasteiger partial charge on any atom is -0.393 e. The molecule has 0 aromatic carbocycles. The third-order valence-electron chi connectivity index (χ3n) is 2.93. The lowest BCUT2D eigenvalue weighted by atomic mass is 9.90. The van der Waals surface area contributed by atoms with Crippen LogP contribution in [0.25, 0.3) is 0 Å². The molecular formula is C13H18FNO3. The van der Waals surface area contributed by atoms with E-state index in [0.29, 0.717) is 6.29 Å². The summed E-state index contributed by atoms with van der Waals surface area (Å²) < 4.78 is 14.5. The SMILES string of the molecule is Cc1cc(=O)n(C(C=O)(CO)CC(C)C)cc1F. The molecule has 0 aliphatic heterocycles. The Labute approximate surface area is 105 Å². The van der Waals surface area contributed by atoms with E-state index in [4.69, 9.17) is 0 Å². The molecule has 0 fully saturated rings. The summed E-state index contributed by atoms with van der Waals surface area (Å²) in [6, 6.07) is 1.13. The van der Waals surface area contributed by atoms with E-state index in [1.165, 1.54) is 6.92 Å². The van der Waals surface area contributed by atoms with Crippen LogP contribution in [0, 0.1) is 18.7 Å². The summed E-state index contributed by atoms with van der Waals surface area (Å²) >= 11 is 0. The van der Waals surface area contributed by atoms with Gasteiger partial charge in [-0.25, -0.2) is 4.39 Å². The zero-order valence-corrected chi connectivity index (χ0v) is 10.8. The average molecular weight is 255 g/mol. The lowest BCUT2D eigenvalue weighted by Gasteiger charge is -2.30. The summed E-state index contributed by atoms with van der Waals surface area (Å²) in [7, 11) is 0. The van der Waals surface area contributed by atoms with Gasteiger partial charge in [0.15, 0.2) is 0 Å². The van der Waals surface area contributed by atoms with Crippen molar-refractivity contribution in [1.29, 1.82) is 0 Å². The first-order chi connectivity index (χ1) is 8.36. The normalized spacial score (nSPS) is 14.6. The van der Waals surface area contributed by atoms with Crippen molar-refractivity contribution in [2.45, 2.75) is 32.7 Å². The van der Waals surface area contributed by atoms with Crippen LogP contribution >= 0.6 is 0 Å². The van der Waals surface area contributed by atoms with E-state index in [-0.39, 0.29) is 17.9 Å². The number of carbonyl (C=O) groups excluding carboxylic acids is 1. The maximum absolute atomic E-state index is 13.5. The fraction of sp³-hybridized carbons (Fsp3) is 0.538. The van der Waals surface area contributed by atoms with Crippen LogP contribution in [-0.4, -0.2) is 22.6 Å². The van der Waals surface area contributed by atoms with Crippen molar-refractivity contribution in [3.8, 4) is 0 Å². The number of hydrogen-bond donors (Lipinski definition) is 1. The van der Waals surface area contributed by atoms with E-state index < -0.39 is 23.5 Å². The Morgan fingerprint density at radius 3 is 2.61 bits per heavy atom. The zero-order chi connectivity index (χ0) is 13.9. The molecule has 1 unspecified atom stereocenters. The number of aromatic nitrogens is 1. The topological polar surface area (TPSA) is 59.3 Å². The second-order valence-electron chi connectivity index (χ2n) is 4.99. The van der Waals surface area contributed by atoms with Crippen LogP contribution in [0.5, 0.6) is 0 Å². The minimum atomic E-state index is -1.39. The number of aryl methyl sites for hydroxylation is 1. The third kappa shape index (κ3) is 2.67. The molecule has 0 bridgehead atoms. The van der Waals surface area contributed by atoms with Crippen LogP contribution in [0.3, 0.4) is 0 Å². The van der Waals surface area contributed by atoms with E-state index in [2.05, 4.69) is 0 Å². The van der Waals surface area contributed by atoms with Crippen molar-refractivity contribution in [2.75, 3.05) is 6.61 Å². The molecule has 100 valence electrons. The molecule has 4 nitrogen and oxygen atoms in total. The van der Waals surface area contributed by atoms with Gasteiger partial charge in [-0.3, -0.25) is 9.36 Å². The molecular weight excluding hydrogens is 237 g/mol. The van der Waals surface area contributed by atoms with Crippen molar-refractivity contribution in [3.63, 3.8) is 0 Å². The molecule has 0 aliphatic carbocycles. The van der Waals surface area contributed by atoms with Gasteiger partial charge in [0.25, 0.3) is 5.56 Å². The molecule has 1 heterocycles. The number of halogens is 1. The summed E-state index contributed by atoms with van der Waals surface area (Å²) in [6.07, 6.45) is 1.78. The van der Waals surface area contributed by atoms with Crippen LogP contribution in [0.15, 0.2) is 17.1 Å². The van der Waals surface area contributed by atoms with Crippen LogP contribution in [0.2, 0.25) is 0 Å². The van der Waals surface area contributed by atoms with Gasteiger partial charge in [-0.15, -0.1) is 0 Å². The number of rotatable bonds is 5. The highest BCUT2D eigenvalue weighted by Crippen LogP contribution is 2.22. The second-order valence-corrected chi connectivity index (χ2v) is 4.99. The molecule has 0 spiro atoms. The van der Waals surface area contributed by atoms with Gasteiger partial charge in [-0.05, 0) is 24.8 Å². The fourth-order valence-electron chi connectivity index (χ4n) is 2.04. The van der Waals surface area contributed by atoms with Gasteiger partial charge >= 0.3 is 0 Å². The lowest BCUT2D eigenvalue weighted by molar-refractivity contribution is -0.118. The molecule has 1 aromatic heterocycles. The third-order valence-corrected chi connectivity index (χ3v) is 2.93. The first-order valence-electron chi connectivity index (χ1n) is 5.83. The van der Waals surface area contributed by atoms with E-state index in [9.17, 15) is 19.1 Å². The molecule has 1 N–H and O–H groups in total. The Morgan fingerprint density at radius 2 is 2.17 bits per heavy atom. The highest BCUT2D eigenvalue weighted by atomic mass is 19.1. The Bertz CT molecular complexity index is 495. The molecule has 5 heteroatoms. The summed E-state index contributed by atoms with van der Waals surface area (Å²) in [5.41, 5.74) is -1.66. The molecule has 0 amide bonds. The molecule has 0 aliphatic rings. The summed E-state index contributed by atoms with van der Waals surface area (Å²) in [5.74, 6) is -0.489. The van der Waals surface area contributed by atoms with Gasteiger partial charge < -0.3 is 9.90 Å². The molecule has 18 heavy (non-hydrogen) atoms. The molecule has 1 atom stereocenters. The Morgan fingerprint density at radius 1 is 1.56 bits per heavy atom. The van der Waals surface area contributed by atoms with Gasteiger partial charge in [0.1, 0.15) is 17.6 Å². The number of pyridine rings is 1. The second kappa shape index (κ2) is 5.44. The number of nitrogens with zero attached hydrogens (tertiary/aromatic N) is 1. The van der Waals surface area contributed by atoms with Crippen molar-refractivity contribution in [1.82, 2.24) is 4.57 Å². The largest absolute Gasteiger partial charge is 0.393 e. The Balaban J connectivity index is 3.43. The number of aliphatic hydroxyl groups excluding tert-OH is 1. The zero-order valence-electron chi connectivity index (χ0n) is 10.8. The monoisotopic (exact) mass is 255 g/mol. The van der Waals surface area contributed by atoms with Gasteiger partial charge in [-0.2, -0.15) is 0 Å². The summed E-state index contributed by atoms with van der Waals surface area (Å²) in [4.78, 5) is 23.2. The van der Waals surface area contributed by atoms with Crippen LogP contribution in [0.1, 0.15) is 25.8 Å². The molecule has 0 saturated heterocycles. The van der Waals surface area contributed by atoms with Gasteiger partial charge in [0.05, 0.1) is 6.61 Å². The number of aldehydes is 1. The summed E-state index contributed by atoms with van der Waals surface area (Å²) in [5, 5.41) is 9.45. The van der Waals surface area contributed by atoms with Gasteiger partial charge in [-0.1, -0.05) is 13.8 Å². The first kappa shape index (κ1) is 14.6. The molecule has 0 radical (unpaired) electrons. The Hall–Kier alpha value is -1.49. The maximum Gasteiger partial charge on any atom is 0.251 e.